The first kappa shape index (κ1) is 15.7. The molecule has 0 radical (unpaired) electrons. The van der Waals surface area contributed by atoms with Crippen LogP contribution in [0.15, 0.2) is 54.3 Å². The van der Waals surface area contributed by atoms with Crippen molar-refractivity contribution in [2.45, 2.75) is 45.6 Å². The Kier molecular flexibility index (Phi) is 5.02. The number of rotatable bonds is 5. The van der Waals surface area contributed by atoms with Gasteiger partial charge in [-0.15, -0.1) is 0 Å². The number of aryl methyl sites for hydroxylation is 1. The number of hydrogen-bond acceptors (Lipinski definition) is 2. The monoisotopic (exact) mass is 308 g/mol. The minimum atomic E-state index is -0.00208. The zero-order valence-electron chi connectivity index (χ0n) is 13.9. The van der Waals surface area contributed by atoms with Crippen molar-refractivity contribution in [1.29, 1.82) is 0 Å². The van der Waals surface area contributed by atoms with Gasteiger partial charge in [0.25, 0.3) is 0 Å². The van der Waals surface area contributed by atoms with Gasteiger partial charge in [-0.25, -0.2) is 0 Å². The quantitative estimate of drug-likeness (QED) is 0.654. The lowest BCUT2D eigenvalue weighted by Crippen LogP contribution is -2.27. The molecule has 0 fully saturated rings. The minimum Gasteiger partial charge on any atom is -0.479 e. The molecule has 2 nitrogen and oxygen atoms in total. The van der Waals surface area contributed by atoms with Gasteiger partial charge in [0, 0.05) is 0 Å². The molecule has 0 saturated heterocycles. The predicted molar refractivity (Wildman–Crippen MR) is 94.8 cm³/mol. The molecule has 120 valence electrons. The molecule has 0 N–H and O–H groups in total. The van der Waals surface area contributed by atoms with Crippen LogP contribution in [0.25, 0.3) is 6.08 Å². The maximum Gasteiger partial charge on any atom is 0.169 e. The lowest BCUT2D eigenvalue weighted by Gasteiger charge is -2.28. The van der Waals surface area contributed by atoms with Crippen LogP contribution in [0, 0.1) is 6.92 Å². The average Bonchev–Trinajstić information content (AvgIpc) is 2.57. The third kappa shape index (κ3) is 3.95. The van der Waals surface area contributed by atoms with Gasteiger partial charge in [-0.1, -0.05) is 61.7 Å². The summed E-state index contributed by atoms with van der Waals surface area (Å²) in [5, 5.41) is 0. The SMILES string of the molecule is CCCCCC1Oc2ccccc2O/C1=C\c1ccc(C)cc1. The fourth-order valence-electron chi connectivity index (χ4n) is 2.77. The molecule has 1 aliphatic rings. The van der Waals surface area contributed by atoms with Crippen LogP contribution in [0.4, 0.5) is 0 Å². The zero-order valence-corrected chi connectivity index (χ0v) is 13.9. The van der Waals surface area contributed by atoms with Gasteiger partial charge in [-0.3, -0.25) is 0 Å². The Morgan fingerprint density at radius 3 is 2.43 bits per heavy atom. The van der Waals surface area contributed by atoms with Gasteiger partial charge in [0.05, 0.1) is 0 Å². The maximum atomic E-state index is 6.19. The zero-order chi connectivity index (χ0) is 16.1. The Morgan fingerprint density at radius 2 is 1.70 bits per heavy atom. The Hall–Kier alpha value is -2.22. The first-order valence-electron chi connectivity index (χ1n) is 8.48. The van der Waals surface area contributed by atoms with Gasteiger partial charge < -0.3 is 9.47 Å². The normalized spacial score (nSPS) is 18.2. The van der Waals surface area contributed by atoms with Crippen LogP contribution in [0.5, 0.6) is 11.5 Å². The first-order valence-corrected chi connectivity index (χ1v) is 8.48. The lowest BCUT2D eigenvalue weighted by atomic mass is 10.0. The molecule has 2 heteroatoms. The molecule has 23 heavy (non-hydrogen) atoms. The van der Waals surface area contributed by atoms with E-state index in [1.165, 1.54) is 18.4 Å². The van der Waals surface area contributed by atoms with E-state index in [2.05, 4.69) is 44.2 Å². The topological polar surface area (TPSA) is 18.5 Å². The Labute approximate surface area is 138 Å². The first-order chi connectivity index (χ1) is 11.3. The largest absolute Gasteiger partial charge is 0.479 e. The van der Waals surface area contributed by atoms with Crippen LogP contribution < -0.4 is 9.47 Å². The van der Waals surface area contributed by atoms with Gasteiger partial charge in [0.15, 0.2) is 17.6 Å². The van der Waals surface area contributed by atoms with Crippen molar-refractivity contribution in [3.63, 3.8) is 0 Å². The van der Waals surface area contributed by atoms with Crippen LogP contribution >= 0.6 is 0 Å². The van der Waals surface area contributed by atoms with Gasteiger partial charge in [-0.05, 0) is 43.5 Å². The molecule has 0 saturated carbocycles. The second-order valence-electron chi connectivity index (χ2n) is 6.11. The van der Waals surface area contributed by atoms with Crippen molar-refractivity contribution in [3.8, 4) is 11.5 Å². The van der Waals surface area contributed by atoms with Crippen molar-refractivity contribution in [2.24, 2.45) is 0 Å². The van der Waals surface area contributed by atoms with E-state index in [1.807, 2.05) is 24.3 Å². The van der Waals surface area contributed by atoms with E-state index in [0.29, 0.717) is 0 Å². The smallest absolute Gasteiger partial charge is 0.169 e. The highest BCUT2D eigenvalue weighted by Gasteiger charge is 2.25. The fourth-order valence-corrected chi connectivity index (χ4v) is 2.77. The van der Waals surface area contributed by atoms with Crippen LogP contribution in [-0.2, 0) is 0 Å². The summed E-state index contributed by atoms with van der Waals surface area (Å²) < 4.78 is 12.3. The Bertz CT molecular complexity index is 670. The Morgan fingerprint density at radius 1 is 0.957 bits per heavy atom. The molecule has 0 amide bonds. The van der Waals surface area contributed by atoms with E-state index >= 15 is 0 Å². The van der Waals surface area contributed by atoms with Crippen molar-refractivity contribution in [1.82, 2.24) is 0 Å². The number of ether oxygens (including phenoxy) is 2. The molecule has 1 atom stereocenters. The number of hydrogen-bond donors (Lipinski definition) is 0. The van der Waals surface area contributed by atoms with Gasteiger partial charge in [0.1, 0.15) is 5.76 Å². The number of para-hydroxylation sites is 2. The molecule has 1 heterocycles. The second-order valence-corrected chi connectivity index (χ2v) is 6.11. The van der Waals surface area contributed by atoms with E-state index in [-0.39, 0.29) is 6.10 Å². The molecule has 0 aliphatic carbocycles. The summed E-state index contributed by atoms with van der Waals surface area (Å²) in [6, 6.07) is 16.4. The highest BCUT2D eigenvalue weighted by Crippen LogP contribution is 2.37. The molecule has 3 rings (SSSR count). The van der Waals surface area contributed by atoms with Crippen molar-refractivity contribution in [2.75, 3.05) is 0 Å². The third-order valence-electron chi connectivity index (χ3n) is 4.12. The summed E-state index contributed by atoms with van der Waals surface area (Å²) in [6.45, 7) is 4.32. The Balaban J connectivity index is 1.86. The van der Waals surface area contributed by atoms with E-state index in [9.17, 15) is 0 Å². The van der Waals surface area contributed by atoms with Crippen LogP contribution in [-0.4, -0.2) is 6.10 Å². The highest BCUT2D eigenvalue weighted by atomic mass is 16.6. The van der Waals surface area contributed by atoms with Crippen LogP contribution in [0.1, 0.15) is 43.7 Å². The average molecular weight is 308 g/mol. The van der Waals surface area contributed by atoms with Crippen molar-refractivity contribution < 1.29 is 9.47 Å². The molecule has 1 aliphatic heterocycles. The highest BCUT2D eigenvalue weighted by molar-refractivity contribution is 5.55. The maximum absolute atomic E-state index is 6.19. The van der Waals surface area contributed by atoms with E-state index < -0.39 is 0 Å². The molecule has 0 spiro atoms. The standard InChI is InChI=1S/C21H24O2/c1-3-4-5-8-20-21(15-17-13-11-16(2)12-14-17)23-19-10-7-6-9-18(19)22-20/h6-7,9-15,20H,3-5,8H2,1-2H3/b21-15-. The number of unbranched alkanes of at least 4 members (excludes halogenated alkanes) is 2. The fraction of sp³-hybridized carbons (Fsp3) is 0.333. The van der Waals surface area contributed by atoms with Gasteiger partial charge in [-0.2, -0.15) is 0 Å². The number of fused-ring (bicyclic) bond motifs is 1. The minimum absolute atomic E-state index is 0.00208. The van der Waals surface area contributed by atoms with Crippen molar-refractivity contribution >= 4 is 6.08 Å². The van der Waals surface area contributed by atoms with Crippen molar-refractivity contribution in [3.05, 3.63) is 65.4 Å². The molecular formula is C21H24O2. The molecule has 0 aromatic heterocycles. The van der Waals surface area contributed by atoms with E-state index in [1.54, 1.807) is 0 Å². The predicted octanol–water partition coefficient (Wildman–Crippen LogP) is 5.76. The molecular weight excluding hydrogens is 284 g/mol. The molecule has 2 aromatic rings. The van der Waals surface area contributed by atoms with E-state index in [0.717, 1.165) is 35.7 Å². The van der Waals surface area contributed by atoms with Gasteiger partial charge >= 0.3 is 0 Å². The van der Waals surface area contributed by atoms with Crippen LogP contribution in [0.3, 0.4) is 0 Å². The second kappa shape index (κ2) is 7.36. The number of benzene rings is 2. The lowest BCUT2D eigenvalue weighted by molar-refractivity contribution is 0.139. The summed E-state index contributed by atoms with van der Waals surface area (Å²) in [5.41, 5.74) is 2.41. The molecule has 1 unspecified atom stereocenters. The van der Waals surface area contributed by atoms with Gasteiger partial charge in [0.2, 0.25) is 0 Å². The summed E-state index contributed by atoms with van der Waals surface area (Å²) in [7, 11) is 0. The van der Waals surface area contributed by atoms with E-state index in [4.69, 9.17) is 9.47 Å². The van der Waals surface area contributed by atoms with Crippen LogP contribution in [0.2, 0.25) is 0 Å². The summed E-state index contributed by atoms with van der Waals surface area (Å²) in [4.78, 5) is 0. The molecule has 0 bridgehead atoms. The summed E-state index contributed by atoms with van der Waals surface area (Å²) in [6.07, 6.45) is 6.67. The summed E-state index contributed by atoms with van der Waals surface area (Å²) >= 11 is 0. The summed E-state index contributed by atoms with van der Waals surface area (Å²) in [5.74, 6) is 2.55. The third-order valence-corrected chi connectivity index (χ3v) is 4.12. The molecule has 2 aromatic carbocycles.